The van der Waals surface area contributed by atoms with Crippen LogP contribution >= 0.6 is 12.4 Å². The van der Waals surface area contributed by atoms with Crippen molar-refractivity contribution < 1.29 is 18.0 Å². The van der Waals surface area contributed by atoms with E-state index in [1.54, 1.807) is 0 Å². The lowest BCUT2D eigenvalue weighted by molar-refractivity contribution is -0.142. The van der Waals surface area contributed by atoms with Gasteiger partial charge < -0.3 is 11.1 Å². The van der Waals surface area contributed by atoms with Crippen LogP contribution in [0.1, 0.15) is 20.3 Å². The highest BCUT2D eigenvalue weighted by Crippen LogP contribution is 2.17. The average Bonchev–Trinajstić information content (AvgIpc) is 2.71. The van der Waals surface area contributed by atoms with Gasteiger partial charge in [0, 0.05) is 12.3 Å². The van der Waals surface area contributed by atoms with Crippen molar-refractivity contribution in [2.45, 2.75) is 39.0 Å². The molecule has 3 N–H and O–H groups in total. The lowest BCUT2D eigenvalue weighted by Gasteiger charge is -2.16. The average molecular weight is 315 g/mol. The zero-order valence-electron chi connectivity index (χ0n) is 11.1. The predicted molar refractivity (Wildman–Crippen MR) is 71.6 cm³/mol. The van der Waals surface area contributed by atoms with Crippen molar-refractivity contribution in [3.8, 4) is 0 Å². The van der Waals surface area contributed by atoms with E-state index in [0.717, 1.165) is 12.6 Å². The summed E-state index contributed by atoms with van der Waals surface area (Å²) in [5.41, 5.74) is 5.70. The van der Waals surface area contributed by atoms with E-state index in [4.69, 9.17) is 5.73 Å². The van der Waals surface area contributed by atoms with Crippen LogP contribution < -0.4 is 11.1 Å². The molecule has 1 amide bonds. The van der Waals surface area contributed by atoms with Crippen molar-refractivity contribution in [2.75, 3.05) is 5.32 Å². The van der Waals surface area contributed by atoms with Gasteiger partial charge in [-0.1, -0.05) is 20.3 Å². The van der Waals surface area contributed by atoms with Gasteiger partial charge in [0.2, 0.25) is 5.91 Å². The number of aromatic nitrogens is 2. The summed E-state index contributed by atoms with van der Waals surface area (Å²) in [6.45, 7) is 2.53. The molecule has 0 saturated heterocycles. The quantitative estimate of drug-likeness (QED) is 0.875. The number of amides is 1. The van der Waals surface area contributed by atoms with E-state index in [1.807, 2.05) is 13.8 Å². The second kappa shape index (κ2) is 7.49. The van der Waals surface area contributed by atoms with Crippen molar-refractivity contribution in [1.29, 1.82) is 0 Å². The van der Waals surface area contributed by atoms with E-state index in [0.29, 0.717) is 4.68 Å². The van der Waals surface area contributed by atoms with Crippen molar-refractivity contribution in [3.63, 3.8) is 0 Å². The Morgan fingerprint density at radius 3 is 2.65 bits per heavy atom. The fourth-order valence-electron chi connectivity index (χ4n) is 1.42. The molecule has 0 aliphatic rings. The number of carbonyl (C=O) groups is 1. The van der Waals surface area contributed by atoms with Gasteiger partial charge in [-0.3, -0.25) is 9.48 Å². The van der Waals surface area contributed by atoms with Gasteiger partial charge in [-0.25, -0.2) is 0 Å². The van der Waals surface area contributed by atoms with Gasteiger partial charge in [-0.05, 0) is 5.92 Å². The Kier molecular flexibility index (Phi) is 7.01. The van der Waals surface area contributed by atoms with Crippen LogP contribution in [0.2, 0.25) is 0 Å². The molecule has 0 fully saturated rings. The molecule has 1 aromatic rings. The number of halogens is 4. The van der Waals surface area contributed by atoms with Gasteiger partial charge in [-0.2, -0.15) is 18.3 Å². The van der Waals surface area contributed by atoms with Crippen LogP contribution in [-0.2, 0) is 11.3 Å². The lowest BCUT2D eigenvalue weighted by Crippen LogP contribution is -2.40. The van der Waals surface area contributed by atoms with E-state index in [1.165, 1.54) is 6.07 Å². The number of rotatable bonds is 5. The summed E-state index contributed by atoms with van der Waals surface area (Å²) in [5.74, 6) is -0.406. The topological polar surface area (TPSA) is 72.9 Å². The Bertz CT molecular complexity index is 436. The maximum atomic E-state index is 12.1. The highest BCUT2D eigenvalue weighted by Gasteiger charge is 2.28. The minimum absolute atomic E-state index is 0. The molecule has 9 heteroatoms. The molecular weight excluding hydrogens is 297 g/mol. The first kappa shape index (κ1) is 18.7. The molecule has 0 aliphatic heterocycles. The van der Waals surface area contributed by atoms with Gasteiger partial charge >= 0.3 is 6.18 Å². The maximum Gasteiger partial charge on any atom is 0.408 e. The van der Waals surface area contributed by atoms with Crippen molar-refractivity contribution in [1.82, 2.24) is 9.78 Å². The Hall–Kier alpha value is -1.28. The summed E-state index contributed by atoms with van der Waals surface area (Å²) < 4.78 is 37.1. The Morgan fingerprint density at radius 2 is 2.15 bits per heavy atom. The lowest BCUT2D eigenvalue weighted by atomic mass is 9.99. The summed E-state index contributed by atoms with van der Waals surface area (Å²) >= 11 is 0. The van der Waals surface area contributed by atoms with Gasteiger partial charge in [0.25, 0.3) is 0 Å². The molecule has 1 rings (SSSR count). The molecule has 0 aliphatic carbocycles. The third kappa shape index (κ3) is 5.79. The van der Waals surface area contributed by atoms with E-state index in [2.05, 4.69) is 10.4 Å². The van der Waals surface area contributed by atoms with E-state index < -0.39 is 24.7 Å². The van der Waals surface area contributed by atoms with Crippen LogP contribution in [0.4, 0.5) is 19.0 Å². The SMILES string of the molecule is CCC(C)C(N)C(=O)Nc1ccn(CC(F)(F)F)n1.Cl. The first-order valence-electron chi connectivity index (χ1n) is 5.89. The summed E-state index contributed by atoms with van der Waals surface area (Å²) in [6, 6.07) is 0.588. The maximum absolute atomic E-state index is 12.1. The third-order valence-corrected chi connectivity index (χ3v) is 2.79. The number of carbonyl (C=O) groups excluding carboxylic acids is 1. The molecule has 2 unspecified atom stereocenters. The molecule has 1 aromatic heterocycles. The van der Waals surface area contributed by atoms with Gasteiger partial charge in [0.05, 0.1) is 6.04 Å². The number of anilines is 1. The highest BCUT2D eigenvalue weighted by atomic mass is 35.5. The number of nitrogens with zero attached hydrogens (tertiary/aromatic N) is 2. The molecule has 0 radical (unpaired) electrons. The number of hydrogen-bond donors (Lipinski definition) is 2. The molecule has 2 atom stereocenters. The minimum atomic E-state index is -4.35. The largest absolute Gasteiger partial charge is 0.408 e. The van der Waals surface area contributed by atoms with Crippen LogP contribution in [0, 0.1) is 5.92 Å². The zero-order valence-corrected chi connectivity index (χ0v) is 12.0. The van der Waals surface area contributed by atoms with E-state index in [9.17, 15) is 18.0 Å². The van der Waals surface area contributed by atoms with E-state index >= 15 is 0 Å². The molecule has 116 valence electrons. The Morgan fingerprint density at radius 1 is 1.55 bits per heavy atom. The molecule has 5 nitrogen and oxygen atoms in total. The van der Waals surface area contributed by atoms with Crippen LogP contribution in [0.3, 0.4) is 0 Å². The van der Waals surface area contributed by atoms with Gasteiger partial charge in [0.1, 0.15) is 6.54 Å². The Balaban J connectivity index is 0.00000361. The summed E-state index contributed by atoms with van der Waals surface area (Å²) in [4.78, 5) is 11.7. The smallest absolute Gasteiger partial charge is 0.320 e. The van der Waals surface area contributed by atoms with Crippen LogP contribution in [0.15, 0.2) is 12.3 Å². The fraction of sp³-hybridized carbons (Fsp3) is 0.636. The number of hydrogen-bond acceptors (Lipinski definition) is 3. The minimum Gasteiger partial charge on any atom is -0.320 e. The molecule has 1 heterocycles. The number of nitrogens with two attached hydrogens (primary N) is 1. The second-order valence-electron chi connectivity index (χ2n) is 4.41. The monoisotopic (exact) mass is 314 g/mol. The molecular formula is C11H18ClF3N4O. The number of alkyl halides is 3. The first-order chi connectivity index (χ1) is 8.73. The Labute approximate surface area is 121 Å². The highest BCUT2D eigenvalue weighted by molar-refractivity contribution is 5.94. The van der Waals surface area contributed by atoms with Gasteiger partial charge in [0.15, 0.2) is 5.82 Å². The van der Waals surface area contributed by atoms with Crippen LogP contribution in [0.25, 0.3) is 0 Å². The van der Waals surface area contributed by atoms with E-state index in [-0.39, 0.29) is 24.1 Å². The van der Waals surface area contributed by atoms with Crippen molar-refractivity contribution in [2.24, 2.45) is 11.7 Å². The zero-order chi connectivity index (χ0) is 14.6. The van der Waals surface area contributed by atoms with Crippen molar-refractivity contribution >= 4 is 24.1 Å². The first-order valence-corrected chi connectivity index (χ1v) is 5.89. The molecule has 20 heavy (non-hydrogen) atoms. The molecule has 0 aromatic carbocycles. The van der Waals surface area contributed by atoms with Crippen LogP contribution in [-0.4, -0.2) is 27.9 Å². The van der Waals surface area contributed by atoms with Crippen molar-refractivity contribution in [3.05, 3.63) is 12.3 Å². The third-order valence-electron chi connectivity index (χ3n) is 2.79. The normalized spacial score (nSPS) is 14.3. The van der Waals surface area contributed by atoms with Gasteiger partial charge in [-0.15, -0.1) is 12.4 Å². The summed E-state index contributed by atoms with van der Waals surface area (Å²) in [5, 5.41) is 6.01. The van der Waals surface area contributed by atoms with Crippen LogP contribution in [0.5, 0.6) is 0 Å². The fourth-order valence-corrected chi connectivity index (χ4v) is 1.42. The number of nitrogens with one attached hydrogen (secondary N) is 1. The standard InChI is InChI=1S/C11H17F3N4O.ClH/c1-3-7(2)9(15)10(19)16-8-4-5-18(17-8)6-11(12,13)14;/h4-5,7,9H,3,6,15H2,1-2H3,(H,16,17,19);1H. The molecule has 0 spiro atoms. The second-order valence-corrected chi connectivity index (χ2v) is 4.41. The molecule has 0 saturated carbocycles. The molecule has 0 bridgehead atoms. The summed E-state index contributed by atoms with van der Waals surface area (Å²) in [7, 11) is 0. The summed E-state index contributed by atoms with van der Waals surface area (Å²) in [6.07, 6.45) is -2.46. The predicted octanol–water partition coefficient (Wildman–Crippen LogP) is 2.18.